The van der Waals surface area contributed by atoms with Crippen LogP contribution in [0.3, 0.4) is 0 Å². The molecule has 0 radical (unpaired) electrons. The summed E-state index contributed by atoms with van der Waals surface area (Å²) < 4.78 is 5.63. The highest BCUT2D eigenvalue weighted by atomic mass is 35.5. The average molecular weight is 253 g/mol. The molecule has 1 saturated carbocycles. The highest BCUT2D eigenvalue weighted by molar-refractivity contribution is 6.55. The number of halogens is 2. The van der Waals surface area contributed by atoms with E-state index in [9.17, 15) is 5.11 Å². The van der Waals surface area contributed by atoms with Crippen LogP contribution in [-0.2, 0) is 4.74 Å². The van der Waals surface area contributed by atoms with E-state index in [0.29, 0.717) is 5.92 Å². The largest absolute Gasteiger partial charge is 0.495 e. The van der Waals surface area contributed by atoms with Crippen molar-refractivity contribution in [1.82, 2.24) is 0 Å². The number of hydrogen-bond donors (Lipinski definition) is 1. The summed E-state index contributed by atoms with van der Waals surface area (Å²) in [6, 6.07) is 0. The molecule has 1 aliphatic carbocycles. The Bertz CT molecular complexity index is 225. The van der Waals surface area contributed by atoms with Crippen molar-refractivity contribution in [3.8, 4) is 0 Å². The standard InChI is InChI=1S/C11H18Cl2O2/c1-7-3-4-9(8(2)14)10(5-7)15-6-11(12)13/h6-10,14H,3-5H2,1-2H3/t7-,8?,9+,10-/m1/s1. The first kappa shape index (κ1) is 13.1. The van der Waals surface area contributed by atoms with E-state index in [0.717, 1.165) is 19.3 Å². The van der Waals surface area contributed by atoms with Crippen LogP contribution < -0.4 is 0 Å². The number of aliphatic hydroxyl groups is 1. The Morgan fingerprint density at radius 1 is 1.47 bits per heavy atom. The zero-order chi connectivity index (χ0) is 11.4. The molecule has 0 saturated heterocycles. The van der Waals surface area contributed by atoms with E-state index < -0.39 is 0 Å². The smallest absolute Gasteiger partial charge is 0.141 e. The second-order valence-electron chi connectivity index (χ2n) is 4.40. The summed E-state index contributed by atoms with van der Waals surface area (Å²) in [4.78, 5) is 0. The number of aliphatic hydroxyl groups excluding tert-OH is 1. The third-order valence-electron chi connectivity index (χ3n) is 3.06. The molecule has 1 N–H and O–H groups in total. The molecule has 0 aliphatic heterocycles. The van der Waals surface area contributed by atoms with Gasteiger partial charge in [-0.05, 0) is 25.7 Å². The quantitative estimate of drug-likeness (QED) is 0.780. The van der Waals surface area contributed by atoms with Crippen LogP contribution in [0.1, 0.15) is 33.1 Å². The van der Waals surface area contributed by atoms with Crippen molar-refractivity contribution in [1.29, 1.82) is 0 Å². The van der Waals surface area contributed by atoms with Gasteiger partial charge >= 0.3 is 0 Å². The lowest BCUT2D eigenvalue weighted by atomic mass is 9.78. The van der Waals surface area contributed by atoms with Crippen LogP contribution in [0.2, 0.25) is 0 Å². The summed E-state index contributed by atoms with van der Waals surface area (Å²) >= 11 is 11.0. The van der Waals surface area contributed by atoms with Gasteiger partial charge in [-0.25, -0.2) is 0 Å². The minimum Gasteiger partial charge on any atom is -0.495 e. The topological polar surface area (TPSA) is 29.5 Å². The van der Waals surface area contributed by atoms with Crippen molar-refractivity contribution < 1.29 is 9.84 Å². The Hall–Kier alpha value is 0.0800. The predicted octanol–water partition coefficient (Wildman–Crippen LogP) is 3.47. The Labute approximate surface area is 101 Å². The summed E-state index contributed by atoms with van der Waals surface area (Å²) in [6.45, 7) is 4.00. The van der Waals surface area contributed by atoms with Crippen molar-refractivity contribution in [3.63, 3.8) is 0 Å². The molecule has 0 spiro atoms. The van der Waals surface area contributed by atoms with E-state index in [1.54, 1.807) is 0 Å². The molecule has 4 atom stereocenters. The molecule has 1 rings (SSSR count). The maximum absolute atomic E-state index is 9.63. The molecule has 1 fully saturated rings. The van der Waals surface area contributed by atoms with Crippen molar-refractivity contribution in [3.05, 3.63) is 10.8 Å². The zero-order valence-corrected chi connectivity index (χ0v) is 10.6. The minimum atomic E-state index is -0.343. The maximum Gasteiger partial charge on any atom is 0.141 e. The number of ether oxygens (including phenoxy) is 1. The van der Waals surface area contributed by atoms with E-state index in [1.165, 1.54) is 6.26 Å². The number of rotatable bonds is 3. The first-order valence-corrected chi connectivity index (χ1v) is 6.11. The van der Waals surface area contributed by atoms with Gasteiger partial charge in [0.15, 0.2) is 0 Å². The fraction of sp³-hybridized carbons (Fsp3) is 0.818. The second kappa shape index (κ2) is 5.97. The SMILES string of the molecule is CC(O)[C@@H]1CC[C@@H](C)C[C@H]1OC=C(Cl)Cl. The summed E-state index contributed by atoms with van der Waals surface area (Å²) in [5.74, 6) is 0.817. The molecule has 0 heterocycles. The maximum atomic E-state index is 9.63. The molecule has 1 aliphatic rings. The molecule has 0 aromatic carbocycles. The van der Waals surface area contributed by atoms with E-state index in [2.05, 4.69) is 6.92 Å². The molecule has 1 unspecified atom stereocenters. The van der Waals surface area contributed by atoms with Gasteiger partial charge < -0.3 is 9.84 Å². The molecule has 0 amide bonds. The van der Waals surface area contributed by atoms with Crippen LogP contribution >= 0.6 is 23.2 Å². The average Bonchev–Trinajstić information content (AvgIpc) is 2.14. The molecule has 0 aromatic heterocycles. The van der Waals surface area contributed by atoms with Gasteiger partial charge in [-0.3, -0.25) is 0 Å². The van der Waals surface area contributed by atoms with E-state index in [-0.39, 0.29) is 22.6 Å². The lowest BCUT2D eigenvalue weighted by Crippen LogP contribution is -2.36. The molecular formula is C11H18Cl2O2. The predicted molar refractivity (Wildman–Crippen MR) is 62.8 cm³/mol. The Morgan fingerprint density at radius 3 is 2.67 bits per heavy atom. The van der Waals surface area contributed by atoms with Crippen molar-refractivity contribution >= 4 is 23.2 Å². The van der Waals surface area contributed by atoms with Gasteiger partial charge in [0.25, 0.3) is 0 Å². The Balaban J connectivity index is 2.58. The van der Waals surface area contributed by atoms with Crippen LogP contribution in [0.5, 0.6) is 0 Å². The molecular weight excluding hydrogens is 235 g/mol. The third-order valence-corrected chi connectivity index (χ3v) is 3.23. The fourth-order valence-corrected chi connectivity index (χ4v) is 2.30. The first-order chi connectivity index (χ1) is 7.00. The molecule has 0 bridgehead atoms. The van der Waals surface area contributed by atoms with Gasteiger partial charge in [0.05, 0.1) is 6.10 Å². The van der Waals surface area contributed by atoms with Crippen LogP contribution in [0.15, 0.2) is 10.8 Å². The van der Waals surface area contributed by atoms with Crippen LogP contribution in [0.25, 0.3) is 0 Å². The first-order valence-electron chi connectivity index (χ1n) is 5.35. The Morgan fingerprint density at radius 2 is 2.13 bits per heavy atom. The van der Waals surface area contributed by atoms with Crippen LogP contribution in [-0.4, -0.2) is 17.3 Å². The van der Waals surface area contributed by atoms with Gasteiger partial charge in [-0.15, -0.1) is 0 Å². The Kier molecular flexibility index (Phi) is 5.24. The van der Waals surface area contributed by atoms with Crippen LogP contribution in [0, 0.1) is 11.8 Å². The van der Waals surface area contributed by atoms with Gasteiger partial charge in [0, 0.05) is 5.92 Å². The highest BCUT2D eigenvalue weighted by Gasteiger charge is 2.32. The summed E-state index contributed by atoms with van der Waals surface area (Å²) in [5, 5.41) is 9.63. The minimum absolute atomic E-state index is 0.0289. The summed E-state index contributed by atoms with van der Waals surface area (Å²) in [6.07, 6.45) is 4.14. The zero-order valence-electron chi connectivity index (χ0n) is 9.12. The second-order valence-corrected chi connectivity index (χ2v) is 5.41. The van der Waals surface area contributed by atoms with Crippen molar-refractivity contribution in [2.45, 2.75) is 45.3 Å². The number of hydrogen-bond acceptors (Lipinski definition) is 2. The normalized spacial score (nSPS) is 33.3. The van der Waals surface area contributed by atoms with E-state index >= 15 is 0 Å². The lowest BCUT2D eigenvalue weighted by molar-refractivity contribution is -0.0250. The molecule has 0 aromatic rings. The van der Waals surface area contributed by atoms with Gasteiger partial charge in [-0.2, -0.15) is 0 Å². The van der Waals surface area contributed by atoms with Crippen molar-refractivity contribution in [2.75, 3.05) is 0 Å². The van der Waals surface area contributed by atoms with Gasteiger partial charge in [0.1, 0.15) is 16.9 Å². The molecule has 2 nitrogen and oxygen atoms in total. The van der Waals surface area contributed by atoms with E-state index in [4.69, 9.17) is 27.9 Å². The summed E-state index contributed by atoms with van der Waals surface area (Å²) in [5.41, 5.74) is 0. The third kappa shape index (κ3) is 4.21. The van der Waals surface area contributed by atoms with Crippen molar-refractivity contribution in [2.24, 2.45) is 11.8 Å². The van der Waals surface area contributed by atoms with Crippen LogP contribution in [0.4, 0.5) is 0 Å². The van der Waals surface area contributed by atoms with Gasteiger partial charge in [0.2, 0.25) is 0 Å². The van der Waals surface area contributed by atoms with Gasteiger partial charge in [-0.1, -0.05) is 36.5 Å². The fourth-order valence-electron chi connectivity index (χ4n) is 2.20. The molecule has 15 heavy (non-hydrogen) atoms. The van der Waals surface area contributed by atoms with E-state index in [1.807, 2.05) is 6.92 Å². The monoisotopic (exact) mass is 252 g/mol. The summed E-state index contributed by atoms with van der Waals surface area (Å²) in [7, 11) is 0. The lowest BCUT2D eigenvalue weighted by Gasteiger charge is -2.35. The molecule has 4 heteroatoms. The molecule has 88 valence electrons. The highest BCUT2D eigenvalue weighted by Crippen LogP contribution is 2.33.